The summed E-state index contributed by atoms with van der Waals surface area (Å²) >= 11 is 0. The van der Waals surface area contributed by atoms with Crippen molar-refractivity contribution >= 4 is 21.8 Å². The maximum Gasteiger partial charge on any atom is 0.119 e. The molecule has 4 aromatic rings. The van der Waals surface area contributed by atoms with Gasteiger partial charge in [-0.2, -0.15) is 0 Å². The topological polar surface area (TPSA) is 34.2 Å². The van der Waals surface area contributed by atoms with Crippen molar-refractivity contribution in [3.05, 3.63) is 90.2 Å². The molecule has 3 heteroatoms. The second-order valence-corrected chi connectivity index (χ2v) is 10.1. The van der Waals surface area contributed by atoms with Crippen LogP contribution in [0.2, 0.25) is 0 Å². The number of aromatic nitrogens is 1. The molecule has 1 aromatic heterocycles. The Bertz CT molecular complexity index is 1400. The quantitative estimate of drug-likeness (QED) is 0.238. The zero-order valence-corrected chi connectivity index (χ0v) is 22.6. The lowest BCUT2D eigenvalue weighted by Crippen LogP contribution is -2.13. The van der Waals surface area contributed by atoms with Crippen LogP contribution in [0.25, 0.3) is 32.9 Å². The first-order chi connectivity index (χ1) is 18.1. The molecule has 192 valence electrons. The van der Waals surface area contributed by atoms with Crippen LogP contribution in [0, 0.1) is 0 Å². The van der Waals surface area contributed by atoms with E-state index in [-0.39, 0.29) is 6.10 Å². The number of hydrogen-bond donors (Lipinski definition) is 1. The van der Waals surface area contributed by atoms with Gasteiger partial charge in [0.15, 0.2) is 0 Å². The Labute approximate surface area is 221 Å². The van der Waals surface area contributed by atoms with E-state index >= 15 is 0 Å². The van der Waals surface area contributed by atoms with Crippen LogP contribution in [0.5, 0.6) is 5.75 Å². The summed E-state index contributed by atoms with van der Waals surface area (Å²) in [6, 6.07) is 22.1. The minimum Gasteiger partial charge on any atom is -0.491 e. The molecule has 0 amide bonds. The minimum atomic E-state index is 0.279. The Morgan fingerprint density at radius 2 is 1.35 bits per heavy atom. The number of allylic oxidation sites excluding steroid dienone is 3. The van der Waals surface area contributed by atoms with E-state index in [2.05, 4.69) is 112 Å². The predicted molar refractivity (Wildman–Crippen MR) is 156 cm³/mol. The van der Waals surface area contributed by atoms with Crippen LogP contribution in [0.1, 0.15) is 71.3 Å². The van der Waals surface area contributed by atoms with Crippen molar-refractivity contribution in [2.24, 2.45) is 0 Å². The Hall–Kier alpha value is -3.46. The normalized spacial score (nSPS) is 15.6. The molecule has 1 atom stereocenters. The van der Waals surface area contributed by atoms with Gasteiger partial charge in [-0.1, -0.05) is 58.0 Å². The van der Waals surface area contributed by atoms with E-state index in [4.69, 9.17) is 9.47 Å². The number of ether oxygens (including phenoxy) is 2. The fourth-order valence-corrected chi connectivity index (χ4v) is 5.28. The van der Waals surface area contributed by atoms with Crippen molar-refractivity contribution in [2.75, 3.05) is 0 Å². The third-order valence-electron chi connectivity index (χ3n) is 7.73. The van der Waals surface area contributed by atoms with E-state index in [1.807, 2.05) is 0 Å². The summed E-state index contributed by atoms with van der Waals surface area (Å²) < 4.78 is 12.2. The maximum atomic E-state index is 6.14. The van der Waals surface area contributed by atoms with Gasteiger partial charge in [-0.3, -0.25) is 0 Å². The Kier molecular flexibility index (Phi) is 7.69. The van der Waals surface area contributed by atoms with Crippen LogP contribution in [0.15, 0.2) is 84.7 Å². The summed E-state index contributed by atoms with van der Waals surface area (Å²) in [6.45, 7) is 8.72. The van der Waals surface area contributed by atoms with Crippen LogP contribution in [-0.4, -0.2) is 17.2 Å². The van der Waals surface area contributed by atoms with Crippen molar-refractivity contribution in [1.29, 1.82) is 0 Å². The molecule has 0 fully saturated rings. The molecule has 0 spiro atoms. The summed E-state index contributed by atoms with van der Waals surface area (Å²) in [5, 5.41) is 2.54. The fourth-order valence-electron chi connectivity index (χ4n) is 5.28. The largest absolute Gasteiger partial charge is 0.491 e. The van der Waals surface area contributed by atoms with Gasteiger partial charge >= 0.3 is 0 Å². The van der Waals surface area contributed by atoms with E-state index in [9.17, 15) is 0 Å². The van der Waals surface area contributed by atoms with Gasteiger partial charge in [0.05, 0.1) is 12.2 Å². The van der Waals surface area contributed by atoms with Gasteiger partial charge in [0.1, 0.15) is 11.5 Å². The van der Waals surface area contributed by atoms with Crippen LogP contribution < -0.4 is 4.74 Å². The third kappa shape index (κ3) is 5.46. The van der Waals surface area contributed by atoms with E-state index in [0.29, 0.717) is 12.0 Å². The molecule has 0 saturated carbocycles. The zero-order valence-electron chi connectivity index (χ0n) is 22.6. The zero-order chi connectivity index (χ0) is 25.8. The summed E-state index contributed by atoms with van der Waals surface area (Å²) in [5.41, 5.74) is 6.12. The van der Waals surface area contributed by atoms with E-state index in [1.54, 1.807) is 0 Å². The number of aromatic amines is 1. The van der Waals surface area contributed by atoms with E-state index in [0.717, 1.165) is 43.6 Å². The molecule has 0 radical (unpaired) electrons. The lowest BCUT2D eigenvalue weighted by Gasteiger charge is -2.21. The second kappa shape index (κ2) is 11.3. The second-order valence-electron chi connectivity index (χ2n) is 10.1. The highest BCUT2D eigenvalue weighted by atomic mass is 16.5. The standard InChI is InChI=1S/C34H39NO2/c1-5-27(6-2)36-29-15-9-23(10-16-29)25-13-19-33-31(21-25)32-22-26(14-20-34(32)35-33)24-11-17-30(18-12-24)37-28(7-3)8-4/h9-11,13-22,24,27-28,35H,5-8,12H2,1-4H3. The molecule has 0 saturated heterocycles. The van der Waals surface area contributed by atoms with Crippen LogP contribution in [0.3, 0.4) is 0 Å². The molecule has 0 aliphatic heterocycles. The number of nitrogens with one attached hydrogen (secondary N) is 1. The number of H-pyrrole nitrogens is 1. The first-order valence-corrected chi connectivity index (χ1v) is 14.0. The summed E-state index contributed by atoms with van der Waals surface area (Å²) in [4.78, 5) is 3.60. The molecule has 0 bridgehead atoms. The van der Waals surface area contributed by atoms with Gasteiger partial charge in [0.25, 0.3) is 0 Å². The van der Waals surface area contributed by atoms with E-state index < -0.39 is 0 Å². The van der Waals surface area contributed by atoms with Gasteiger partial charge in [0.2, 0.25) is 0 Å². The summed E-state index contributed by atoms with van der Waals surface area (Å²) in [5.74, 6) is 2.33. The Morgan fingerprint density at radius 1 is 0.730 bits per heavy atom. The van der Waals surface area contributed by atoms with Gasteiger partial charge in [-0.05, 0) is 97.3 Å². The molecule has 1 heterocycles. The Balaban J connectivity index is 1.39. The van der Waals surface area contributed by atoms with Crippen LogP contribution in [-0.2, 0) is 4.74 Å². The highest BCUT2D eigenvalue weighted by molar-refractivity contribution is 6.08. The van der Waals surface area contributed by atoms with Crippen LogP contribution in [0.4, 0.5) is 0 Å². The van der Waals surface area contributed by atoms with Gasteiger partial charge < -0.3 is 14.5 Å². The average molecular weight is 494 g/mol. The fraction of sp³-hybridized carbons (Fsp3) is 0.353. The summed E-state index contributed by atoms with van der Waals surface area (Å²) in [7, 11) is 0. The predicted octanol–water partition coefficient (Wildman–Crippen LogP) is 9.69. The molecule has 37 heavy (non-hydrogen) atoms. The molecule has 1 aliphatic carbocycles. The lowest BCUT2D eigenvalue weighted by molar-refractivity contribution is 0.116. The molecular formula is C34H39NO2. The van der Waals surface area contributed by atoms with Gasteiger partial charge in [-0.25, -0.2) is 0 Å². The van der Waals surface area contributed by atoms with Crippen LogP contribution >= 0.6 is 0 Å². The van der Waals surface area contributed by atoms with Gasteiger partial charge in [0, 0.05) is 27.7 Å². The molecule has 3 aromatic carbocycles. The van der Waals surface area contributed by atoms with Crippen molar-refractivity contribution < 1.29 is 9.47 Å². The molecule has 1 N–H and O–H groups in total. The minimum absolute atomic E-state index is 0.279. The number of fused-ring (bicyclic) bond motifs is 3. The van der Waals surface area contributed by atoms with Crippen molar-refractivity contribution in [2.45, 2.75) is 77.9 Å². The molecule has 5 rings (SSSR count). The molecule has 1 unspecified atom stereocenters. The monoisotopic (exact) mass is 493 g/mol. The third-order valence-corrected chi connectivity index (χ3v) is 7.73. The number of benzene rings is 3. The summed E-state index contributed by atoms with van der Waals surface area (Å²) in [6.07, 6.45) is 12.4. The maximum absolute atomic E-state index is 6.14. The SMILES string of the molecule is CCC(CC)OC1=CCC(c2ccc3[nH]c4ccc(-c5ccc(OC(CC)CC)cc5)cc4c3c2)C=C1. The molecule has 1 aliphatic rings. The highest BCUT2D eigenvalue weighted by Crippen LogP contribution is 2.35. The van der Waals surface area contributed by atoms with Crippen molar-refractivity contribution in [3.8, 4) is 16.9 Å². The number of rotatable bonds is 10. The number of hydrogen-bond acceptors (Lipinski definition) is 2. The molecular weight excluding hydrogens is 454 g/mol. The van der Waals surface area contributed by atoms with E-state index in [1.165, 1.54) is 38.5 Å². The average Bonchev–Trinajstić information content (AvgIpc) is 3.32. The lowest BCUT2D eigenvalue weighted by atomic mass is 9.91. The van der Waals surface area contributed by atoms with Crippen molar-refractivity contribution in [3.63, 3.8) is 0 Å². The molecule has 3 nitrogen and oxygen atoms in total. The smallest absolute Gasteiger partial charge is 0.119 e. The first kappa shape index (κ1) is 25.2. The van der Waals surface area contributed by atoms with Gasteiger partial charge in [-0.15, -0.1) is 0 Å². The Morgan fingerprint density at radius 3 is 2.00 bits per heavy atom. The van der Waals surface area contributed by atoms with Crippen molar-refractivity contribution in [1.82, 2.24) is 4.98 Å². The first-order valence-electron chi connectivity index (χ1n) is 14.0. The highest BCUT2D eigenvalue weighted by Gasteiger charge is 2.16.